The van der Waals surface area contributed by atoms with E-state index >= 15 is 0 Å². The van der Waals surface area contributed by atoms with Crippen molar-refractivity contribution in [3.8, 4) is 0 Å². The standard InChI is InChI=1S/H4N74/c1-3-5-7-9-11-13-15-17-19-21-23-25-27-29-31-33-35-37-39-41-43-45-47-49-51-53-55-57-59-61-63-65-67-69-71-73-74-72-70-68-66-64-62-60-58-56-54-52-50-48-46-44-42-40-38-36-34-32-30-28-26-24-22-20-18-16-14-12-10-8-6-4-2/h(H2,1,4,5,8,9,12,13,16,17,20,21,24,25,28,29,32,33,36,37,40,41,44,45,48,49,52,53,56,57,60,61,64,65,68,69,72,73)(H2,2,3,6,7,10,11,14,15,18,19,22,23,26,27,30,31,34,35,38,39,42,43,46,47,50,51,54,55,58,59,62,63,66,67,70,71,74). The molecule has 0 rings (SSSR count). The number of nitrogens with two attached hydrogens (primary N) is 2. The van der Waals surface area contributed by atoms with Gasteiger partial charge in [-0.15, -0.1) is 0 Å². The molecule has 0 fully saturated rings. The fourth-order valence-corrected chi connectivity index (χ4v) is 1.26. The minimum Gasteiger partial charge on any atom is -0.303 e. The van der Waals surface area contributed by atoms with E-state index in [1.54, 1.807) is 0 Å². The van der Waals surface area contributed by atoms with Crippen LogP contribution in [0, 0.1) is 0 Å². The highest BCUT2D eigenvalue weighted by Crippen LogP contribution is 1.95. The predicted molar refractivity (Wildman–Crippen MR) is 183 cm³/mol. The summed E-state index contributed by atoms with van der Waals surface area (Å²) in [5, 5.41) is 215. The van der Waals surface area contributed by atoms with Gasteiger partial charge >= 0.3 is 0 Å². The van der Waals surface area contributed by atoms with Crippen molar-refractivity contribution >= 4 is 0 Å². The number of hydrogen-bond donors (Lipinski definition) is 2. The third kappa shape index (κ3) is 57.2. The zero-order valence-corrected chi connectivity index (χ0v) is 33.4. The Labute approximate surface area is 388 Å². The summed E-state index contributed by atoms with van der Waals surface area (Å²) in [6.45, 7) is 0. The van der Waals surface area contributed by atoms with Crippen molar-refractivity contribution in [1.82, 2.24) is 0 Å². The molecule has 0 unspecified atom stereocenters. The first-order valence-corrected chi connectivity index (χ1v) is 14.7. The smallest absolute Gasteiger partial charge is 0 e. The predicted octanol–water partition coefficient (Wildman–Crippen LogP) is 12.0. The Kier molecular flexibility index (Phi) is 46.6. The van der Waals surface area contributed by atoms with E-state index in [-0.39, 0.29) is 0 Å². The minimum atomic E-state index is 2.75. The summed E-state index contributed by atoms with van der Waals surface area (Å²) in [5.41, 5.74) is 0. The highest BCUT2D eigenvalue weighted by atomic mass is 15.8. The monoisotopic (exact) mass is 1040 g/mol. The van der Waals surface area contributed by atoms with Gasteiger partial charge in [-0.05, 0) is 73.1 Å². The van der Waals surface area contributed by atoms with E-state index in [4.69, 9.17) is 0 Å². The van der Waals surface area contributed by atoms with Crippen molar-refractivity contribution in [2.45, 2.75) is 0 Å². The van der Waals surface area contributed by atoms with E-state index in [0.717, 1.165) is 0 Å². The Balaban J connectivity index is 4.10. The Morgan fingerprint density at radius 3 is 0.149 bits per heavy atom. The van der Waals surface area contributed by atoms with Gasteiger partial charge in [0.1, 0.15) is 0 Å². The molecule has 374 valence electrons. The van der Waals surface area contributed by atoms with E-state index in [9.17, 15) is 0 Å². The molecule has 74 nitrogen and oxygen atoms in total. The van der Waals surface area contributed by atoms with Gasteiger partial charge < -0.3 is 11.7 Å². The number of nitrogens with zero attached hydrogens (tertiary/aromatic N) is 72. The lowest BCUT2D eigenvalue weighted by atomic mass is 12.3. The zero-order valence-electron chi connectivity index (χ0n) is 33.4. The number of hydrogen-bond acceptors (Lipinski definition) is 2. The molecule has 0 heterocycles. The molecule has 0 aliphatic rings. The van der Waals surface area contributed by atoms with Gasteiger partial charge in [0, 0.05) is 293 Å². The van der Waals surface area contributed by atoms with Crippen LogP contribution in [0.3, 0.4) is 0 Å². The van der Waals surface area contributed by atoms with Crippen LogP contribution in [-0.4, -0.2) is 0 Å². The lowest BCUT2D eigenvalue weighted by Crippen LogP contribution is -1.70. The molecule has 0 aliphatic heterocycles. The topological polar surface area (TPSA) is 942 Å². The zero-order chi connectivity index (χ0) is 52.9. The summed E-state index contributed by atoms with van der Waals surface area (Å²) in [6.07, 6.45) is 0. The van der Waals surface area contributed by atoms with Crippen LogP contribution >= 0.6 is 0 Å². The lowest BCUT2D eigenvalue weighted by Gasteiger charge is -1.70. The van der Waals surface area contributed by atoms with Crippen molar-refractivity contribution in [3.05, 3.63) is 0 Å². The summed E-state index contributed by atoms with van der Waals surface area (Å²) < 4.78 is 0. The SMILES string of the molecule is N/N=N/N=N/N=N/N=N/N=N/N=N/N=N/N=N/N=N/N=N/N=N/N=N/N=N/N=N/N=N/N=N/N=N/N=N/N=N/N=N/N=N/N=N/N=N/N=N/N=N/N=N/N=N/N=N/N=N/N=N/N=N/N=N/N=N/N=N/N=N/N=N/N. The fraction of sp³-hybridized carbons (Fsp3) is 0. The Bertz CT molecular complexity index is 2370. The molecule has 74 heteroatoms. The van der Waals surface area contributed by atoms with Crippen molar-refractivity contribution in [2.24, 2.45) is 388 Å². The maximum atomic E-state index is 4.63. The third-order valence-electron chi connectivity index (χ3n) is 2.86. The average Bonchev–Trinajstić information content (AvgIpc) is 3.41. The van der Waals surface area contributed by atoms with Gasteiger partial charge in [0.2, 0.25) is 0 Å². The van der Waals surface area contributed by atoms with Gasteiger partial charge in [-0.3, -0.25) is 0 Å². The average molecular weight is 1040 g/mol. The Hall–Kier alpha value is -14.8. The molecule has 0 aromatic rings. The maximum Gasteiger partial charge on any atom is 0 e. The van der Waals surface area contributed by atoms with Crippen LogP contribution in [0.2, 0.25) is 0 Å². The van der Waals surface area contributed by atoms with E-state index in [0.29, 0.717) is 0 Å². The van der Waals surface area contributed by atoms with Gasteiger partial charge in [-0.25, -0.2) is 0 Å². The van der Waals surface area contributed by atoms with Crippen molar-refractivity contribution < 1.29 is 0 Å². The van der Waals surface area contributed by atoms with Gasteiger partial charge in [0.15, 0.2) is 0 Å². The molecule has 0 saturated carbocycles. The molecule has 0 atom stereocenters. The molecule has 0 aromatic heterocycles. The summed E-state index contributed by atoms with van der Waals surface area (Å²) in [7, 11) is 0. The maximum absolute atomic E-state index is 4.63. The quantitative estimate of drug-likeness (QED) is 0.0355. The molecule has 0 saturated heterocycles. The van der Waals surface area contributed by atoms with Crippen LogP contribution < -0.4 is 11.7 Å². The van der Waals surface area contributed by atoms with E-state index in [2.05, 4.69) is 388 Å². The van der Waals surface area contributed by atoms with Gasteiger partial charge in [0.25, 0.3) is 0 Å². The van der Waals surface area contributed by atoms with Crippen molar-refractivity contribution in [1.29, 1.82) is 0 Å². The second-order valence-electron chi connectivity index (χ2n) is 6.49. The summed E-state index contributed by atoms with van der Waals surface area (Å²) in [5.74, 6) is 9.26. The van der Waals surface area contributed by atoms with E-state index in [1.165, 1.54) is 0 Å². The minimum absolute atomic E-state index is 2.75. The van der Waals surface area contributed by atoms with Gasteiger partial charge in [-0.1, -0.05) is 10.4 Å². The summed E-state index contributed by atoms with van der Waals surface area (Å²) in [4.78, 5) is 0. The first kappa shape index (κ1) is 59.2. The third-order valence-corrected chi connectivity index (χ3v) is 2.86. The van der Waals surface area contributed by atoms with Gasteiger partial charge in [-0.2, -0.15) is 0 Å². The van der Waals surface area contributed by atoms with Crippen LogP contribution in [0.15, 0.2) is 376 Å². The van der Waals surface area contributed by atoms with E-state index < -0.39 is 0 Å². The van der Waals surface area contributed by atoms with Crippen LogP contribution in [-0.2, 0) is 0 Å². The number of rotatable bonds is 35. The molecule has 0 amide bonds. The Morgan fingerprint density at radius 2 is 0.108 bits per heavy atom. The van der Waals surface area contributed by atoms with Crippen LogP contribution in [0.1, 0.15) is 0 Å². The van der Waals surface area contributed by atoms with Crippen molar-refractivity contribution in [2.75, 3.05) is 0 Å². The highest BCUT2D eigenvalue weighted by molar-refractivity contribution is 4.20. The Morgan fingerprint density at radius 1 is 0.0676 bits per heavy atom. The molecular weight excluding hydrogens is 1040 g/mol. The van der Waals surface area contributed by atoms with Crippen molar-refractivity contribution in [3.63, 3.8) is 0 Å². The van der Waals surface area contributed by atoms with Gasteiger partial charge in [0.05, 0.1) is 0 Å². The lowest BCUT2D eigenvalue weighted by molar-refractivity contribution is 0.723. The second kappa shape index (κ2) is 58.2. The van der Waals surface area contributed by atoms with Crippen LogP contribution in [0.4, 0.5) is 0 Å². The second-order valence-corrected chi connectivity index (χ2v) is 6.49. The van der Waals surface area contributed by atoms with E-state index in [1.807, 2.05) is 0 Å². The highest BCUT2D eigenvalue weighted by Gasteiger charge is 1.77. The molecule has 0 radical (unpaired) electrons. The molecule has 74 heavy (non-hydrogen) atoms. The summed E-state index contributed by atoms with van der Waals surface area (Å²) in [6, 6.07) is 0. The van der Waals surface area contributed by atoms with Crippen LogP contribution in [0.5, 0.6) is 0 Å². The first-order chi connectivity index (χ1) is 36.9. The molecule has 0 bridgehead atoms. The van der Waals surface area contributed by atoms with Crippen LogP contribution in [0.25, 0.3) is 0 Å². The molecule has 4 N–H and O–H groups in total. The largest absolute Gasteiger partial charge is 0.303 e. The first-order valence-electron chi connectivity index (χ1n) is 14.7. The molecule has 0 spiro atoms. The summed E-state index contributed by atoms with van der Waals surface area (Å²) >= 11 is 0. The molecular formula is H4N74. The fourth-order valence-electron chi connectivity index (χ4n) is 1.26. The molecule has 0 aromatic carbocycles. The normalized spacial score (nSPS) is 15.6. The molecule has 0 aliphatic carbocycles.